The number of carbonyl (C=O) groups is 3. The van der Waals surface area contributed by atoms with E-state index in [1.54, 1.807) is 31.2 Å². The number of benzene rings is 3. The Morgan fingerprint density at radius 1 is 0.853 bits per heavy atom. The molecule has 0 radical (unpaired) electrons. The van der Waals surface area contributed by atoms with Crippen molar-refractivity contribution in [3.63, 3.8) is 0 Å². The smallest absolute Gasteiger partial charge is 0.343 e. The Balaban J connectivity index is 1.71. The van der Waals surface area contributed by atoms with Gasteiger partial charge in [-0.25, -0.2) is 4.79 Å². The minimum absolute atomic E-state index is 0.0811. The minimum atomic E-state index is -0.595. The largest absolute Gasteiger partial charge is 0.465 e. The number of amides is 1. The van der Waals surface area contributed by atoms with Crippen molar-refractivity contribution in [2.24, 2.45) is 5.73 Å². The molecule has 34 heavy (non-hydrogen) atoms. The standard InChI is InChI=1S/C26H25N3O5/c1-2-33-23(30)17-29(16-18-6-4-3-5-7-18)25(31)20-8-10-21(11-9-20)26(32)34-22-14-12-19(13-15-22)24(27)28/h3-15H,2,16-17H2,1H3,(H3,27,28). The summed E-state index contributed by atoms with van der Waals surface area (Å²) in [5.74, 6) is -1.23. The summed E-state index contributed by atoms with van der Waals surface area (Å²) in [7, 11) is 0. The van der Waals surface area contributed by atoms with E-state index in [0.717, 1.165) is 5.56 Å². The van der Waals surface area contributed by atoms with Crippen LogP contribution in [0.2, 0.25) is 0 Å². The molecule has 0 atom stereocenters. The Hall–Kier alpha value is -4.46. The maximum atomic E-state index is 13.1. The van der Waals surface area contributed by atoms with Crippen LogP contribution < -0.4 is 10.5 Å². The van der Waals surface area contributed by atoms with Gasteiger partial charge in [-0.2, -0.15) is 0 Å². The number of nitrogen functional groups attached to an aromatic ring is 1. The number of nitrogens with two attached hydrogens (primary N) is 1. The average Bonchev–Trinajstić information content (AvgIpc) is 2.84. The number of nitrogens with zero attached hydrogens (tertiary/aromatic N) is 1. The molecule has 0 aliphatic carbocycles. The monoisotopic (exact) mass is 459 g/mol. The van der Waals surface area contributed by atoms with Gasteiger partial charge in [-0.15, -0.1) is 0 Å². The van der Waals surface area contributed by atoms with Crippen molar-refractivity contribution in [3.05, 3.63) is 101 Å². The Morgan fingerprint density at radius 3 is 2.03 bits per heavy atom. The summed E-state index contributed by atoms with van der Waals surface area (Å²) in [6.07, 6.45) is 0. The highest BCUT2D eigenvalue weighted by molar-refractivity contribution is 5.98. The molecule has 8 heteroatoms. The quantitative estimate of drug-likeness (QED) is 0.219. The number of nitrogens with one attached hydrogen (secondary N) is 1. The summed E-state index contributed by atoms with van der Waals surface area (Å²) in [6.45, 7) is 1.97. The molecule has 1 amide bonds. The molecule has 3 rings (SSSR count). The van der Waals surface area contributed by atoms with E-state index < -0.39 is 11.9 Å². The molecule has 3 aromatic carbocycles. The van der Waals surface area contributed by atoms with E-state index in [1.807, 2.05) is 30.3 Å². The number of hydrogen-bond acceptors (Lipinski definition) is 6. The summed E-state index contributed by atoms with van der Waals surface area (Å²) in [5, 5.41) is 7.40. The maximum Gasteiger partial charge on any atom is 0.343 e. The third-order valence-corrected chi connectivity index (χ3v) is 4.87. The molecule has 0 saturated heterocycles. The summed E-state index contributed by atoms with van der Waals surface area (Å²) >= 11 is 0. The normalized spacial score (nSPS) is 10.3. The molecule has 0 aliphatic rings. The van der Waals surface area contributed by atoms with E-state index in [4.69, 9.17) is 20.6 Å². The van der Waals surface area contributed by atoms with Crippen molar-refractivity contribution in [1.29, 1.82) is 5.41 Å². The zero-order valence-electron chi connectivity index (χ0n) is 18.7. The van der Waals surface area contributed by atoms with Crippen LogP contribution in [-0.2, 0) is 16.1 Å². The van der Waals surface area contributed by atoms with Gasteiger partial charge in [0.25, 0.3) is 5.91 Å². The number of hydrogen-bond donors (Lipinski definition) is 2. The lowest BCUT2D eigenvalue weighted by molar-refractivity contribution is -0.143. The van der Waals surface area contributed by atoms with Gasteiger partial charge in [0, 0.05) is 17.7 Å². The van der Waals surface area contributed by atoms with Gasteiger partial charge < -0.3 is 20.1 Å². The van der Waals surface area contributed by atoms with Gasteiger partial charge in [-0.1, -0.05) is 30.3 Å². The zero-order chi connectivity index (χ0) is 24.5. The molecule has 174 valence electrons. The maximum absolute atomic E-state index is 13.1. The lowest BCUT2D eigenvalue weighted by atomic mass is 10.1. The minimum Gasteiger partial charge on any atom is -0.465 e. The van der Waals surface area contributed by atoms with Gasteiger partial charge in [-0.05, 0) is 61.0 Å². The van der Waals surface area contributed by atoms with E-state index in [9.17, 15) is 14.4 Å². The van der Waals surface area contributed by atoms with Gasteiger partial charge in [0.1, 0.15) is 18.1 Å². The average molecular weight is 460 g/mol. The van der Waals surface area contributed by atoms with Crippen LogP contribution in [0.25, 0.3) is 0 Å². The van der Waals surface area contributed by atoms with Gasteiger partial charge in [-0.3, -0.25) is 15.0 Å². The van der Waals surface area contributed by atoms with Gasteiger partial charge >= 0.3 is 11.9 Å². The number of ether oxygens (including phenoxy) is 2. The van der Waals surface area contributed by atoms with Crippen molar-refractivity contribution in [2.45, 2.75) is 13.5 Å². The Bertz CT molecular complexity index is 1160. The van der Waals surface area contributed by atoms with Crippen LogP contribution in [-0.4, -0.2) is 41.7 Å². The first-order valence-electron chi connectivity index (χ1n) is 10.6. The lowest BCUT2D eigenvalue weighted by Crippen LogP contribution is -2.36. The zero-order valence-corrected chi connectivity index (χ0v) is 18.7. The Morgan fingerprint density at radius 2 is 1.44 bits per heavy atom. The molecule has 0 heterocycles. The van der Waals surface area contributed by atoms with Crippen molar-refractivity contribution in [2.75, 3.05) is 13.2 Å². The summed E-state index contributed by atoms with van der Waals surface area (Å²) < 4.78 is 10.3. The van der Waals surface area contributed by atoms with E-state index >= 15 is 0 Å². The Labute approximate surface area is 197 Å². The van der Waals surface area contributed by atoms with Crippen molar-refractivity contribution in [1.82, 2.24) is 4.90 Å². The molecular weight excluding hydrogens is 434 g/mol. The highest BCUT2D eigenvalue weighted by Gasteiger charge is 2.20. The number of carbonyl (C=O) groups excluding carboxylic acids is 3. The van der Waals surface area contributed by atoms with E-state index in [1.165, 1.54) is 29.2 Å². The van der Waals surface area contributed by atoms with Crippen molar-refractivity contribution >= 4 is 23.7 Å². The summed E-state index contributed by atoms with van der Waals surface area (Å²) in [4.78, 5) is 39.0. The topological polar surface area (TPSA) is 123 Å². The van der Waals surface area contributed by atoms with E-state index in [0.29, 0.717) is 16.9 Å². The second kappa shape index (κ2) is 11.4. The number of rotatable bonds is 9. The van der Waals surface area contributed by atoms with Crippen LogP contribution >= 0.6 is 0 Å². The number of esters is 2. The molecule has 3 N–H and O–H groups in total. The van der Waals surface area contributed by atoms with Gasteiger partial charge in [0.15, 0.2) is 0 Å². The molecule has 0 aliphatic heterocycles. The first-order chi connectivity index (χ1) is 16.4. The first-order valence-corrected chi connectivity index (χ1v) is 10.6. The van der Waals surface area contributed by atoms with Gasteiger partial charge in [0.05, 0.1) is 12.2 Å². The predicted octanol–water partition coefficient (Wildman–Crippen LogP) is 3.40. The molecule has 0 aromatic heterocycles. The number of amidine groups is 1. The Kier molecular flexibility index (Phi) is 8.12. The van der Waals surface area contributed by atoms with Crippen LogP contribution in [0.5, 0.6) is 5.75 Å². The van der Waals surface area contributed by atoms with E-state index in [-0.39, 0.29) is 37.0 Å². The summed E-state index contributed by atoms with van der Waals surface area (Å²) in [5.41, 5.74) is 7.39. The molecule has 0 saturated carbocycles. The molecule has 0 spiro atoms. The van der Waals surface area contributed by atoms with Crippen LogP contribution in [0.1, 0.15) is 38.8 Å². The third-order valence-electron chi connectivity index (χ3n) is 4.87. The molecule has 8 nitrogen and oxygen atoms in total. The highest BCUT2D eigenvalue weighted by Crippen LogP contribution is 2.16. The van der Waals surface area contributed by atoms with Crippen LogP contribution in [0.3, 0.4) is 0 Å². The third kappa shape index (κ3) is 6.52. The molecule has 3 aromatic rings. The fourth-order valence-corrected chi connectivity index (χ4v) is 3.17. The molecule has 0 fully saturated rings. The fourth-order valence-electron chi connectivity index (χ4n) is 3.17. The van der Waals surface area contributed by atoms with Crippen LogP contribution in [0, 0.1) is 5.41 Å². The van der Waals surface area contributed by atoms with Crippen LogP contribution in [0.15, 0.2) is 78.9 Å². The SMILES string of the molecule is CCOC(=O)CN(Cc1ccccc1)C(=O)c1ccc(C(=O)Oc2ccc(C(=N)N)cc2)cc1. The van der Waals surface area contributed by atoms with Crippen LogP contribution in [0.4, 0.5) is 0 Å². The molecule has 0 unspecified atom stereocenters. The fraction of sp³-hybridized carbons (Fsp3) is 0.154. The van der Waals surface area contributed by atoms with Crippen molar-refractivity contribution < 1.29 is 23.9 Å². The highest BCUT2D eigenvalue weighted by atomic mass is 16.5. The predicted molar refractivity (Wildman–Crippen MR) is 127 cm³/mol. The molecular formula is C26H25N3O5. The lowest BCUT2D eigenvalue weighted by Gasteiger charge is -2.22. The molecule has 0 bridgehead atoms. The second-order valence-electron chi connectivity index (χ2n) is 7.36. The summed E-state index contributed by atoms with van der Waals surface area (Å²) in [6, 6.07) is 21.6. The van der Waals surface area contributed by atoms with Crippen molar-refractivity contribution in [3.8, 4) is 5.75 Å². The van der Waals surface area contributed by atoms with E-state index in [2.05, 4.69) is 0 Å². The van der Waals surface area contributed by atoms with Gasteiger partial charge in [0.2, 0.25) is 0 Å². The first kappa shape index (κ1) is 24.2. The second-order valence-corrected chi connectivity index (χ2v) is 7.36.